The molecule has 0 amide bonds. The highest BCUT2D eigenvalue weighted by atomic mass is 28.3. The first-order chi connectivity index (χ1) is 13.0. The Morgan fingerprint density at radius 3 is 2.25 bits per heavy atom. The van der Waals surface area contributed by atoms with Gasteiger partial charge in [0.05, 0.1) is 8.07 Å². The summed E-state index contributed by atoms with van der Waals surface area (Å²) in [5.74, 6) is 0.887. The van der Waals surface area contributed by atoms with Gasteiger partial charge in [-0.3, -0.25) is 0 Å². The fraction of sp³-hybridized carbons (Fsp3) is 0.577. The predicted octanol–water partition coefficient (Wildman–Crippen LogP) is 6.06. The molecule has 0 spiro atoms. The van der Waals surface area contributed by atoms with E-state index >= 15 is 0 Å². The number of benzene rings is 1. The molecule has 1 aliphatic rings. The number of aromatic nitrogens is 1. The Balaban J connectivity index is 2.14. The molecule has 1 nitrogen and oxygen atoms in total. The predicted molar refractivity (Wildman–Crippen MR) is 125 cm³/mol. The second-order valence-corrected chi connectivity index (χ2v) is 16.1. The van der Waals surface area contributed by atoms with E-state index < -0.39 is 8.07 Å². The third kappa shape index (κ3) is 4.59. The maximum absolute atomic E-state index is 2.54. The summed E-state index contributed by atoms with van der Waals surface area (Å²) in [4.78, 5) is 0. The van der Waals surface area contributed by atoms with Crippen molar-refractivity contribution in [2.24, 2.45) is 13.0 Å². The summed E-state index contributed by atoms with van der Waals surface area (Å²) in [7, 11) is 0.857. The molecule has 1 aliphatic carbocycles. The van der Waals surface area contributed by atoms with E-state index in [1.807, 2.05) is 0 Å². The molecule has 0 bridgehead atoms. The highest BCUT2D eigenvalue weighted by Crippen LogP contribution is 2.31. The van der Waals surface area contributed by atoms with Crippen molar-refractivity contribution in [3.8, 4) is 11.3 Å². The molecule has 1 heterocycles. The second kappa shape index (κ2) is 7.78. The molecule has 28 heavy (non-hydrogen) atoms. The zero-order valence-electron chi connectivity index (χ0n) is 19.4. The molecule has 0 radical (unpaired) electrons. The lowest BCUT2D eigenvalue weighted by Crippen LogP contribution is -2.47. The van der Waals surface area contributed by atoms with E-state index in [1.54, 1.807) is 10.8 Å². The van der Waals surface area contributed by atoms with E-state index in [2.05, 4.69) is 89.4 Å². The largest absolute Gasteiger partial charge is 0.212 e. The Kier molecular flexibility index (Phi) is 5.92. The van der Waals surface area contributed by atoms with Crippen LogP contribution < -0.4 is 9.75 Å². The normalized spacial score (nSPS) is 16.0. The zero-order valence-corrected chi connectivity index (χ0v) is 20.4. The van der Waals surface area contributed by atoms with Crippen LogP contribution in [0, 0.1) is 12.8 Å². The van der Waals surface area contributed by atoms with Gasteiger partial charge < -0.3 is 0 Å². The molecular weight excluding hydrogens is 354 g/mol. The van der Waals surface area contributed by atoms with Gasteiger partial charge in [0.25, 0.3) is 0 Å². The summed E-state index contributed by atoms with van der Waals surface area (Å²) in [6.07, 6.45) is 9.42. The number of hydrogen-bond acceptors (Lipinski definition) is 0. The van der Waals surface area contributed by atoms with Crippen LogP contribution in [-0.4, -0.2) is 8.07 Å². The number of hydrogen-bond donors (Lipinski definition) is 0. The van der Waals surface area contributed by atoms with Crippen molar-refractivity contribution in [1.82, 2.24) is 0 Å². The topological polar surface area (TPSA) is 3.88 Å². The first kappa shape index (κ1) is 21.3. The Hall–Kier alpha value is -1.41. The molecular formula is C26H40NSi+. The number of aryl methyl sites for hydroxylation is 2. The van der Waals surface area contributed by atoms with Gasteiger partial charge >= 0.3 is 0 Å². The van der Waals surface area contributed by atoms with Crippen molar-refractivity contribution in [2.45, 2.75) is 84.9 Å². The Labute approximate surface area is 174 Å². The Morgan fingerprint density at radius 2 is 1.68 bits per heavy atom. The van der Waals surface area contributed by atoms with Gasteiger partial charge in [-0.2, -0.15) is 0 Å². The molecule has 1 saturated carbocycles. The molecule has 0 unspecified atom stereocenters. The molecule has 0 aliphatic heterocycles. The molecule has 0 saturated heterocycles. The summed E-state index contributed by atoms with van der Waals surface area (Å²) < 4.78 is 2.39. The summed E-state index contributed by atoms with van der Waals surface area (Å²) in [6, 6.07) is 9.58. The van der Waals surface area contributed by atoms with Crippen LogP contribution in [0.25, 0.3) is 11.3 Å². The van der Waals surface area contributed by atoms with Gasteiger partial charge in [0.2, 0.25) is 5.69 Å². The highest BCUT2D eigenvalue weighted by molar-refractivity contribution is 6.88. The molecule has 1 aromatic heterocycles. The SMILES string of the molecule is Cc1ccc(C(C)(C)C)cc1-c1cc(CC2CCCC2)c([Si](C)(C)C)c[n+]1C. The maximum Gasteiger partial charge on any atom is 0.212 e. The molecule has 152 valence electrons. The zero-order chi connectivity index (χ0) is 20.7. The summed E-state index contributed by atoms with van der Waals surface area (Å²) in [5.41, 5.74) is 7.35. The van der Waals surface area contributed by atoms with E-state index in [4.69, 9.17) is 0 Å². The lowest BCUT2D eigenvalue weighted by Gasteiger charge is -2.23. The van der Waals surface area contributed by atoms with Gasteiger partial charge in [-0.1, -0.05) is 78.2 Å². The van der Waals surface area contributed by atoms with Crippen LogP contribution >= 0.6 is 0 Å². The maximum atomic E-state index is 2.54. The Bertz CT molecular complexity index is 846. The van der Waals surface area contributed by atoms with Crippen LogP contribution in [0.5, 0.6) is 0 Å². The van der Waals surface area contributed by atoms with E-state index in [1.165, 1.54) is 54.5 Å². The third-order valence-corrected chi connectivity index (χ3v) is 8.60. The van der Waals surface area contributed by atoms with Crippen LogP contribution in [0.2, 0.25) is 19.6 Å². The van der Waals surface area contributed by atoms with E-state index in [0.29, 0.717) is 0 Å². The standard InChI is InChI=1S/C26H40NSi/c1-19-13-14-22(26(2,3)4)17-23(19)24-16-21(15-20-11-9-10-12-20)25(18-27(24)5)28(6,7)8/h13-14,16-18,20H,9-12,15H2,1-8H3/q+1. The fourth-order valence-corrected chi connectivity index (χ4v) is 6.41. The molecule has 0 atom stereocenters. The van der Waals surface area contributed by atoms with Crippen LogP contribution in [0.3, 0.4) is 0 Å². The van der Waals surface area contributed by atoms with Gasteiger partial charge in [-0.05, 0) is 47.4 Å². The molecule has 1 fully saturated rings. The number of pyridine rings is 1. The molecule has 0 N–H and O–H groups in total. The minimum Gasteiger partial charge on any atom is -0.201 e. The number of nitrogens with zero attached hydrogens (tertiary/aromatic N) is 1. The average molecular weight is 395 g/mol. The van der Waals surface area contributed by atoms with Crippen LogP contribution in [0.4, 0.5) is 0 Å². The van der Waals surface area contributed by atoms with Crippen molar-refractivity contribution in [1.29, 1.82) is 0 Å². The monoisotopic (exact) mass is 394 g/mol. The third-order valence-electron chi connectivity index (χ3n) is 6.53. The van der Waals surface area contributed by atoms with Gasteiger partial charge in [0.15, 0.2) is 6.20 Å². The quantitative estimate of drug-likeness (QED) is 0.438. The highest BCUT2D eigenvalue weighted by Gasteiger charge is 2.28. The van der Waals surface area contributed by atoms with Crippen molar-refractivity contribution in [3.05, 3.63) is 47.2 Å². The van der Waals surface area contributed by atoms with E-state index in [9.17, 15) is 0 Å². The van der Waals surface area contributed by atoms with Crippen LogP contribution in [0.15, 0.2) is 30.5 Å². The molecule has 1 aromatic carbocycles. The van der Waals surface area contributed by atoms with Gasteiger partial charge in [-0.15, -0.1) is 0 Å². The first-order valence-corrected chi connectivity index (χ1v) is 14.6. The smallest absolute Gasteiger partial charge is 0.201 e. The first-order valence-electron chi connectivity index (χ1n) is 11.1. The van der Waals surface area contributed by atoms with Gasteiger partial charge in [0.1, 0.15) is 7.05 Å². The van der Waals surface area contributed by atoms with Crippen molar-refractivity contribution < 1.29 is 4.57 Å². The minimum atomic E-state index is -1.38. The van der Waals surface area contributed by atoms with Crippen LogP contribution in [-0.2, 0) is 18.9 Å². The molecule has 2 aromatic rings. The fourth-order valence-electron chi connectivity index (χ4n) is 4.69. The summed E-state index contributed by atoms with van der Waals surface area (Å²) in [6.45, 7) is 16.7. The van der Waals surface area contributed by atoms with Crippen molar-refractivity contribution in [2.75, 3.05) is 0 Å². The number of rotatable bonds is 4. The molecule has 2 heteroatoms. The van der Waals surface area contributed by atoms with Crippen LogP contribution in [0.1, 0.15) is 63.1 Å². The van der Waals surface area contributed by atoms with E-state index in [-0.39, 0.29) is 5.41 Å². The lowest BCUT2D eigenvalue weighted by atomic mass is 9.84. The van der Waals surface area contributed by atoms with Gasteiger partial charge in [0, 0.05) is 16.8 Å². The summed E-state index contributed by atoms with van der Waals surface area (Å²) >= 11 is 0. The Morgan fingerprint density at radius 1 is 1.04 bits per heavy atom. The minimum absolute atomic E-state index is 0.173. The van der Waals surface area contributed by atoms with Crippen molar-refractivity contribution in [3.63, 3.8) is 0 Å². The average Bonchev–Trinajstić information content (AvgIpc) is 3.08. The van der Waals surface area contributed by atoms with E-state index in [0.717, 1.165) is 5.92 Å². The molecule has 3 rings (SSSR count). The van der Waals surface area contributed by atoms with Crippen molar-refractivity contribution >= 4 is 13.3 Å². The van der Waals surface area contributed by atoms with Gasteiger partial charge in [-0.25, -0.2) is 4.57 Å². The lowest BCUT2D eigenvalue weighted by molar-refractivity contribution is -0.659. The second-order valence-electron chi connectivity index (χ2n) is 11.1. The summed E-state index contributed by atoms with van der Waals surface area (Å²) in [5, 5.41) is 1.65.